The van der Waals surface area contributed by atoms with E-state index in [0.29, 0.717) is 29.9 Å². The molecule has 1 saturated heterocycles. The van der Waals surface area contributed by atoms with Crippen molar-refractivity contribution in [3.8, 4) is 0 Å². The number of hydrogen-bond acceptors (Lipinski definition) is 5. The number of amides is 2. The minimum Gasteiger partial charge on any atom is -0.378 e. The molecule has 0 aliphatic carbocycles. The van der Waals surface area contributed by atoms with Crippen LogP contribution in [0.4, 0.5) is 35.0 Å². The molecule has 0 saturated carbocycles. The van der Waals surface area contributed by atoms with Gasteiger partial charge in [-0.05, 0) is 52.9 Å². The average Bonchev–Trinajstić information content (AvgIpc) is 2.78. The molecule has 0 spiro atoms. The van der Waals surface area contributed by atoms with Crippen molar-refractivity contribution in [3.05, 3.63) is 51.4 Å². The Kier molecular flexibility index (Phi) is 8.61. The van der Waals surface area contributed by atoms with Crippen LogP contribution >= 0.6 is 22.6 Å². The van der Waals surface area contributed by atoms with E-state index in [1.807, 2.05) is 22.6 Å². The maximum atomic E-state index is 14.4. The highest BCUT2D eigenvalue weighted by Crippen LogP contribution is 2.32. The van der Waals surface area contributed by atoms with Gasteiger partial charge in [-0.1, -0.05) is 0 Å². The molecule has 1 aliphatic heterocycles. The minimum absolute atomic E-state index is 0.00610. The molecule has 2 aromatic rings. The van der Waals surface area contributed by atoms with E-state index in [1.54, 1.807) is 11.0 Å². The van der Waals surface area contributed by atoms with E-state index in [9.17, 15) is 26.4 Å². The summed E-state index contributed by atoms with van der Waals surface area (Å²) < 4.78 is 77.1. The molecular formula is C19H21F3IN5O4S. The summed E-state index contributed by atoms with van der Waals surface area (Å²) in [6, 6.07) is 5.43. The van der Waals surface area contributed by atoms with Gasteiger partial charge in [0.1, 0.15) is 11.5 Å². The van der Waals surface area contributed by atoms with Gasteiger partial charge in [-0.2, -0.15) is 13.1 Å². The second-order valence-corrected chi connectivity index (χ2v) is 9.61. The van der Waals surface area contributed by atoms with Gasteiger partial charge in [0.2, 0.25) is 0 Å². The van der Waals surface area contributed by atoms with Crippen molar-refractivity contribution in [2.24, 2.45) is 0 Å². The number of hydrogen-bond donors (Lipinski definition) is 4. The molecule has 180 valence electrons. The van der Waals surface area contributed by atoms with Gasteiger partial charge in [-0.3, -0.25) is 4.72 Å². The van der Waals surface area contributed by atoms with E-state index in [-0.39, 0.29) is 30.5 Å². The summed E-state index contributed by atoms with van der Waals surface area (Å²) in [6.07, 6.45) is 0. The van der Waals surface area contributed by atoms with Crippen LogP contribution in [0.15, 0.2) is 30.3 Å². The van der Waals surface area contributed by atoms with E-state index < -0.39 is 33.3 Å². The van der Waals surface area contributed by atoms with Gasteiger partial charge in [-0.25, -0.2) is 18.0 Å². The molecule has 1 aliphatic rings. The van der Waals surface area contributed by atoms with Crippen LogP contribution in [0.3, 0.4) is 0 Å². The van der Waals surface area contributed by atoms with Crippen molar-refractivity contribution < 1.29 is 31.1 Å². The van der Waals surface area contributed by atoms with Crippen molar-refractivity contribution in [1.82, 2.24) is 14.9 Å². The molecule has 4 N–H and O–H groups in total. The number of nitrogens with zero attached hydrogens (tertiary/aromatic N) is 1. The fourth-order valence-corrected chi connectivity index (χ4v) is 4.25. The van der Waals surface area contributed by atoms with Crippen LogP contribution < -0.4 is 20.1 Å². The van der Waals surface area contributed by atoms with Crippen molar-refractivity contribution in [2.75, 3.05) is 49.4 Å². The first kappa shape index (κ1) is 25.3. The van der Waals surface area contributed by atoms with Gasteiger partial charge in [-0.15, -0.1) is 0 Å². The lowest BCUT2D eigenvalue weighted by Crippen LogP contribution is -2.48. The molecule has 2 amide bonds. The first-order chi connectivity index (χ1) is 15.7. The second kappa shape index (κ2) is 11.2. The third kappa shape index (κ3) is 7.09. The van der Waals surface area contributed by atoms with Crippen LogP contribution in [0.5, 0.6) is 0 Å². The topological polar surface area (TPSA) is 112 Å². The number of carbonyl (C=O) groups is 1. The minimum atomic E-state index is -4.23. The van der Waals surface area contributed by atoms with Gasteiger partial charge in [0.15, 0.2) is 11.6 Å². The summed E-state index contributed by atoms with van der Waals surface area (Å²) in [5.74, 6) is -3.36. The zero-order valence-corrected chi connectivity index (χ0v) is 20.1. The first-order valence-corrected chi connectivity index (χ1v) is 12.3. The smallest absolute Gasteiger partial charge is 0.317 e. The summed E-state index contributed by atoms with van der Waals surface area (Å²) in [6.45, 7) is 1.57. The molecule has 2 aromatic carbocycles. The zero-order chi connectivity index (χ0) is 24.0. The SMILES string of the molecule is O=C(NCCNS(=O)(=O)Nc1ccc(F)c(F)c1Nc1ccc(I)cc1F)N1CCOCC1. The third-order valence-corrected chi connectivity index (χ3v) is 6.27. The Morgan fingerprint density at radius 2 is 1.73 bits per heavy atom. The highest BCUT2D eigenvalue weighted by molar-refractivity contribution is 14.1. The maximum absolute atomic E-state index is 14.4. The molecule has 0 radical (unpaired) electrons. The van der Waals surface area contributed by atoms with E-state index in [0.717, 1.165) is 12.1 Å². The van der Waals surface area contributed by atoms with Crippen LogP contribution in [0, 0.1) is 21.0 Å². The molecule has 0 aromatic heterocycles. The number of anilines is 3. The van der Waals surface area contributed by atoms with Gasteiger partial charge >= 0.3 is 6.03 Å². The van der Waals surface area contributed by atoms with Gasteiger partial charge in [0.25, 0.3) is 10.2 Å². The van der Waals surface area contributed by atoms with Crippen molar-refractivity contribution >= 4 is 55.9 Å². The number of ether oxygens (including phenoxy) is 1. The first-order valence-electron chi connectivity index (χ1n) is 9.74. The summed E-state index contributed by atoms with van der Waals surface area (Å²) >= 11 is 1.89. The monoisotopic (exact) mass is 599 g/mol. The Morgan fingerprint density at radius 3 is 2.42 bits per heavy atom. The van der Waals surface area contributed by atoms with Gasteiger partial charge < -0.3 is 20.3 Å². The van der Waals surface area contributed by atoms with E-state index in [1.165, 1.54) is 12.1 Å². The van der Waals surface area contributed by atoms with Crippen molar-refractivity contribution in [2.45, 2.75) is 0 Å². The molecule has 1 heterocycles. The highest BCUT2D eigenvalue weighted by Gasteiger charge is 2.20. The van der Waals surface area contributed by atoms with Crippen molar-refractivity contribution in [1.29, 1.82) is 0 Å². The largest absolute Gasteiger partial charge is 0.378 e. The Morgan fingerprint density at radius 1 is 1.03 bits per heavy atom. The molecule has 14 heteroatoms. The highest BCUT2D eigenvalue weighted by atomic mass is 127. The summed E-state index contributed by atoms with van der Waals surface area (Å²) in [4.78, 5) is 13.5. The molecule has 3 rings (SSSR count). The third-order valence-electron chi connectivity index (χ3n) is 4.52. The molecule has 1 fully saturated rings. The number of halogens is 4. The fraction of sp³-hybridized carbons (Fsp3) is 0.316. The van der Waals surface area contributed by atoms with Crippen molar-refractivity contribution in [3.63, 3.8) is 0 Å². The molecule has 0 bridgehead atoms. The normalized spacial score (nSPS) is 14.1. The number of morpholine rings is 1. The molecule has 0 unspecified atom stereocenters. The van der Waals surface area contributed by atoms with Gasteiger partial charge in [0, 0.05) is 29.7 Å². The number of benzene rings is 2. The predicted octanol–water partition coefficient (Wildman–Crippen LogP) is 2.74. The summed E-state index contributed by atoms with van der Waals surface area (Å²) in [5, 5.41) is 4.97. The van der Waals surface area contributed by atoms with E-state index >= 15 is 0 Å². The standard InChI is InChI=1S/C19H21F3IN5O4S/c20-13-2-4-16(18(17(13)22)26-15-3-1-12(23)11-14(15)21)27-33(30,31)25-6-5-24-19(29)28-7-9-32-10-8-28/h1-4,11,25-27H,5-10H2,(H,24,29). The molecule has 9 nitrogen and oxygen atoms in total. The lowest BCUT2D eigenvalue weighted by molar-refractivity contribution is 0.0533. The van der Waals surface area contributed by atoms with Crippen LogP contribution in [-0.2, 0) is 14.9 Å². The Labute approximate surface area is 202 Å². The van der Waals surface area contributed by atoms with Gasteiger partial charge in [0.05, 0.1) is 24.6 Å². The average molecular weight is 599 g/mol. The lowest BCUT2D eigenvalue weighted by Gasteiger charge is -2.26. The zero-order valence-electron chi connectivity index (χ0n) is 17.1. The number of carbonyl (C=O) groups excluding carboxylic acids is 1. The second-order valence-electron chi connectivity index (χ2n) is 6.86. The molecular weight excluding hydrogens is 578 g/mol. The number of rotatable bonds is 8. The predicted molar refractivity (Wildman–Crippen MR) is 125 cm³/mol. The van der Waals surface area contributed by atoms with E-state index in [2.05, 4.69) is 20.1 Å². The Hall–Kier alpha value is -2.30. The quantitative estimate of drug-likeness (QED) is 0.276. The maximum Gasteiger partial charge on any atom is 0.317 e. The molecule has 0 atom stereocenters. The summed E-state index contributed by atoms with van der Waals surface area (Å²) in [7, 11) is -4.23. The lowest BCUT2D eigenvalue weighted by atomic mass is 10.2. The number of urea groups is 1. The Balaban J connectivity index is 1.63. The molecule has 33 heavy (non-hydrogen) atoms. The Bertz CT molecular complexity index is 1120. The van der Waals surface area contributed by atoms with E-state index in [4.69, 9.17) is 4.74 Å². The fourth-order valence-electron chi connectivity index (χ4n) is 2.90. The van der Waals surface area contributed by atoms with Crippen LogP contribution in [0.2, 0.25) is 0 Å². The van der Waals surface area contributed by atoms with Crippen LogP contribution in [0.25, 0.3) is 0 Å². The van der Waals surface area contributed by atoms with Crippen LogP contribution in [0.1, 0.15) is 0 Å². The number of nitrogens with one attached hydrogen (secondary N) is 4. The van der Waals surface area contributed by atoms with Crippen LogP contribution in [-0.4, -0.2) is 58.7 Å². The summed E-state index contributed by atoms with van der Waals surface area (Å²) in [5.41, 5.74) is -1.09.